The van der Waals surface area contributed by atoms with Crippen molar-refractivity contribution in [3.8, 4) is 5.75 Å². The van der Waals surface area contributed by atoms with E-state index in [1.54, 1.807) is 7.11 Å². The Labute approximate surface area is 138 Å². The zero-order valence-corrected chi connectivity index (χ0v) is 13.7. The molecule has 1 unspecified atom stereocenters. The molecule has 0 bridgehead atoms. The van der Waals surface area contributed by atoms with Crippen LogP contribution in [0.2, 0.25) is 0 Å². The second-order valence-corrected chi connectivity index (χ2v) is 5.65. The Morgan fingerprint density at radius 3 is 2.77 bits per heavy atom. The second-order valence-electron chi connectivity index (χ2n) is 5.65. The average Bonchev–Trinajstić information content (AvgIpc) is 2.95. The van der Waals surface area contributed by atoms with Gasteiger partial charge in [0.15, 0.2) is 0 Å². The van der Waals surface area contributed by atoms with Crippen LogP contribution in [0.1, 0.15) is 30.0 Å². The highest BCUT2D eigenvalue weighted by Gasteiger charge is 2.26. The summed E-state index contributed by atoms with van der Waals surface area (Å²) in [4.78, 5) is 2.53. The summed E-state index contributed by atoms with van der Waals surface area (Å²) in [5.41, 5.74) is 9.34. The smallest absolute Gasteiger partial charge is 0.119 e. The first kappa shape index (κ1) is 16.7. The van der Waals surface area contributed by atoms with Gasteiger partial charge in [-0.25, -0.2) is 0 Å². The van der Waals surface area contributed by atoms with Crippen molar-refractivity contribution < 1.29 is 4.74 Å². The van der Waals surface area contributed by atoms with Crippen LogP contribution in [0, 0.1) is 0 Å². The Morgan fingerprint density at radius 2 is 2.00 bits per heavy atom. The number of benzene rings is 2. The Hall–Kier alpha value is -1.71. The van der Waals surface area contributed by atoms with Gasteiger partial charge < -0.3 is 10.5 Å². The molecule has 1 heterocycles. The van der Waals surface area contributed by atoms with Crippen LogP contribution in [0.15, 0.2) is 48.5 Å². The van der Waals surface area contributed by atoms with E-state index >= 15 is 0 Å². The molecule has 4 heteroatoms. The van der Waals surface area contributed by atoms with Gasteiger partial charge in [0.25, 0.3) is 0 Å². The number of rotatable bonds is 4. The van der Waals surface area contributed by atoms with Crippen LogP contribution in [0.25, 0.3) is 0 Å². The van der Waals surface area contributed by atoms with E-state index in [1.807, 2.05) is 18.2 Å². The number of hydrogen-bond donors (Lipinski definition) is 1. The molecule has 2 aromatic carbocycles. The number of nitrogens with zero attached hydrogens (tertiary/aromatic N) is 1. The van der Waals surface area contributed by atoms with E-state index in [9.17, 15) is 0 Å². The maximum atomic E-state index is 5.88. The number of halogens is 1. The van der Waals surface area contributed by atoms with Crippen molar-refractivity contribution in [3.63, 3.8) is 0 Å². The molecule has 0 saturated carbocycles. The molecule has 1 saturated heterocycles. The third-order valence-electron chi connectivity index (χ3n) is 4.18. The van der Waals surface area contributed by atoms with Gasteiger partial charge in [0.05, 0.1) is 7.11 Å². The van der Waals surface area contributed by atoms with Crippen LogP contribution in [0.4, 0.5) is 5.69 Å². The highest BCUT2D eigenvalue weighted by molar-refractivity contribution is 5.85. The van der Waals surface area contributed by atoms with Crippen molar-refractivity contribution in [2.24, 2.45) is 0 Å². The first-order valence-electron chi connectivity index (χ1n) is 7.48. The fraction of sp³-hybridized carbons (Fsp3) is 0.333. The minimum Gasteiger partial charge on any atom is -0.497 e. The number of hydrogen-bond acceptors (Lipinski definition) is 3. The van der Waals surface area contributed by atoms with Gasteiger partial charge in [0, 0.05) is 18.3 Å². The first-order chi connectivity index (χ1) is 10.3. The zero-order valence-electron chi connectivity index (χ0n) is 12.9. The van der Waals surface area contributed by atoms with Crippen LogP contribution in [-0.2, 0) is 6.54 Å². The van der Waals surface area contributed by atoms with E-state index in [1.165, 1.54) is 24.0 Å². The Bertz CT molecular complexity index is 618. The lowest BCUT2D eigenvalue weighted by Crippen LogP contribution is -2.22. The second kappa shape index (κ2) is 7.52. The van der Waals surface area contributed by atoms with Gasteiger partial charge in [-0.2, -0.15) is 0 Å². The topological polar surface area (TPSA) is 38.5 Å². The summed E-state index contributed by atoms with van der Waals surface area (Å²) in [6.45, 7) is 2.09. The monoisotopic (exact) mass is 318 g/mol. The van der Waals surface area contributed by atoms with Crippen LogP contribution >= 0.6 is 12.4 Å². The summed E-state index contributed by atoms with van der Waals surface area (Å²) in [6, 6.07) is 17.1. The molecule has 0 spiro atoms. The molecular weight excluding hydrogens is 296 g/mol. The normalized spacial score (nSPS) is 18.0. The number of ether oxygens (including phenoxy) is 1. The minimum absolute atomic E-state index is 0. The van der Waals surface area contributed by atoms with Crippen molar-refractivity contribution in [3.05, 3.63) is 59.7 Å². The molecule has 3 nitrogen and oxygen atoms in total. The largest absolute Gasteiger partial charge is 0.497 e. The molecule has 22 heavy (non-hydrogen) atoms. The molecule has 2 aromatic rings. The molecule has 1 aliphatic rings. The summed E-state index contributed by atoms with van der Waals surface area (Å²) in [5, 5.41) is 0. The lowest BCUT2D eigenvalue weighted by molar-refractivity contribution is 0.248. The highest BCUT2D eigenvalue weighted by atomic mass is 35.5. The van der Waals surface area contributed by atoms with Crippen molar-refractivity contribution in [2.45, 2.75) is 25.4 Å². The van der Waals surface area contributed by atoms with Crippen LogP contribution < -0.4 is 10.5 Å². The molecule has 0 amide bonds. The summed E-state index contributed by atoms with van der Waals surface area (Å²) in [5.74, 6) is 0.934. The molecule has 1 fully saturated rings. The van der Waals surface area contributed by atoms with Crippen LogP contribution in [0.5, 0.6) is 5.75 Å². The predicted molar refractivity (Wildman–Crippen MR) is 93.5 cm³/mol. The fourth-order valence-corrected chi connectivity index (χ4v) is 3.17. The molecule has 118 valence electrons. The fourth-order valence-electron chi connectivity index (χ4n) is 3.17. The maximum Gasteiger partial charge on any atom is 0.119 e. The number of nitrogens with two attached hydrogens (primary N) is 1. The number of likely N-dealkylation sites (tertiary alicyclic amines) is 1. The molecule has 1 aliphatic heterocycles. The average molecular weight is 319 g/mol. The molecule has 3 rings (SSSR count). The van der Waals surface area contributed by atoms with Gasteiger partial charge in [0.1, 0.15) is 5.75 Å². The highest BCUT2D eigenvalue weighted by Crippen LogP contribution is 2.34. The molecule has 1 atom stereocenters. The van der Waals surface area contributed by atoms with E-state index < -0.39 is 0 Å². The quantitative estimate of drug-likeness (QED) is 0.865. The van der Waals surface area contributed by atoms with Gasteiger partial charge in [-0.3, -0.25) is 4.90 Å². The zero-order chi connectivity index (χ0) is 14.7. The standard InChI is InChI=1S/C18H22N2O.ClH/c1-21-17-8-3-6-15(12-17)18-9-4-10-20(18)13-14-5-2-7-16(19)11-14;/h2-3,5-8,11-12,18H,4,9-10,13,19H2,1H3;1H. The summed E-state index contributed by atoms with van der Waals surface area (Å²) >= 11 is 0. The van der Waals surface area contributed by atoms with E-state index in [2.05, 4.69) is 35.2 Å². The minimum atomic E-state index is 0. The maximum absolute atomic E-state index is 5.88. The Morgan fingerprint density at radius 1 is 1.18 bits per heavy atom. The van der Waals surface area contributed by atoms with Gasteiger partial charge in [0.2, 0.25) is 0 Å². The predicted octanol–water partition coefficient (Wildman–Crippen LogP) is 4.04. The van der Waals surface area contributed by atoms with Gasteiger partial charge in [-0.1, -0.05) is 24.3 Å². The van der Waals surface area contributed by atoms with E-state index in [0.717, 1.165) is 24.5 Å². The summed E-state index contributed by atoms with van der Waals surface area (Å²) in [7, 11) is 1.72. The first-order valence-corrected chi connectivity index (χ1v) is 7.48. The van der Waals surface area contributed by atoms with Crippen LogP contribution in [0.3, 0.4) is 0 Å². The van der Waals surface area contributed by atoms with Gasteiger partial charge in [-0.05, 0) is 54.8 Å². The molecular formula is C18H23ClN2O. The molecule has 0 aliphatic carbocycles. The lowest BCUT2D eigenvalue weighted by Gasteiger charge is -2.25. The van der Waals surface area contributed by atoms with E-state index in [-0.39, 0.29) is 12.4 Å². The number of nitrogen functional groups attached to an aromatic ring is 1. The van der Waals surface area contributed by atoms with Gasteiger partial charge in [-0.15, -0.1) is 12.4 Å². The Kier molecular flexibility index (Phi) is 5.69. The summed E-state index contributed by atoms with van der Waals surface area (Å²) < 4.78 is 5.35. The lowest BCUT2D eigenvalue weighted by atomic mass is 10.0. The van der Waals surface area contributed by atoms with Gasteiger partial charge >= 0.3 is 0 Å². The third-order valence-corrected chi connectivity index (χ3v) is 4.18. The van der Waals surface area contributed by atoms with Crippen molar-refractivity contribution in [1.29, 1.82) is 0 Å². The SMILES string of the molecule is COc1cccc(C2CCCN2Cc2cccc(N)c2)c1.Cl. The molecule has 0 aromatic heterocycles. The third kappa shape index (κ3) is 3.73. The van der Waals surface area contributed by atoms with Crippen molar-refractivity contribution >= 4 is 18.1 Å². The summed E-state index contributed by atoms with van der Waals surface area (Å²) in [6.07, 6.45) is 2.44. The van der Waals surface area contributed by atoms with Crippen LogP contribution in [-0.4, -0.2) is 18.6 Å². The number of methoxy groups -OCH3 is 1. The van der Waals surface area contributed by atoms with E-state index in [0.29, 0.717) is 6.04 Å². The molecule has 2 N–H and O–H groups in total. The Balaban J connectivity index is 0.00000176. The van der Waals surface area contributed by atoms with E-state index in [4.69, 9.17) is 10.5 Å². The van der Waals surface area contributed by atoms with Crippen molar-refractivity contribution in [2.75, 3.05) is 19.4 Å². The molecule has 0 radical (unpaired) electrons. The number of anilines is 1. The van der Waals surface area contributed by atoms with Crippen molar-refractivity contribution in [1.82, 2.24) is 4.90 Å².